The molecular weight excluding hydrogens is 176 g/mol. The second-order valence-corrected chi connectivity index (χ2v) is 2.42. The standard InChI is InChI=1S/C7H8N2O4/c10-5-1-3-8-7(13)9(5)4-2-6(11)12/h1,3H,2,4H2,(H,8,13)(H,11,12). The van der Waals surface area contributed by atoms with Crippen LogP contribution in [0.1, 0.15) is 6.42 Å². The fourth-order valence-corrected chi connectivity index (χ4v) is 0.871. The molecule has 1 aromatic rings. The number of rotatable bonds is 3. The fourth-order valence-electron chi connectivity index (χ4n) is 0.871. The average molecular weight is 184 g/mol. The van der Waals surface area contributed by atoms with Crippen molar-refractivity contribution in [2.75, 3.05) is 0 Å². The molecule has 0 atom stereocenters. The summed E-state index contributed by atoms with van der Waals surface area (Å²) < 4.78 is 0.841. The Labute approximate surface area is 72.5 Å². The molecule has 0 spiro atoms. The van der Waals surface area contributed by atoms with E-state index in [1.165, 1.54) is 12.3 Å². The second kappa shape index (κ2) is 3.70. The Bertz CT molecular complexity index is 389. The Hall–Kier alpha value is -1.85. The lowest BCUT2D eigenvalue weighted by atomic mass is 10.4. The maximum atomic E-state index is 11.0. The third-order valence-electron chi connectivity index (χ3n) is 1.49. The van der Waals surface area contributed by atoms with Gasteiger partial charge in [-0.3, -0.25) is 14.2 Å². The van der Waals surface area contributed by atoms with Crippen molar-refractivity contribution >= 4 is 5.97 Å². The van der Waals surface area contributed by atoms with Crippen LogP contribution in [-0.4, -0.2) is 20.6 Å². The first-order valence-corrected chi connectivity index (χ1v) is 3.61. The van der Waals surface area contributed by atoms with E-state index in [4.69, 9.17) is 5.11 Å². The van der Waals surface area contributed by atoms with Crippen molar-refractivity contribution in [2.24, 2.45) is 0 Å². The topological polar surface area (TPSA) is 92.2 Å². The third-order valence-corrected chi connectivity index (χ3v) is 1.49. The molecule has 0 saturated carbocycles. The van der Waals surface area contributed by atoms with E-state index in [9.17, 15) is 14.4 Å². The van der Waals surface area contributed by atoms with Gasteiger partial charge in [0.2, 0.25) is 0 Å². The second-order valence-electron chi connectivity index (χ2n) is 2.42. The predicted molar refractivity (Wildman–Crippen MR) is 43.6 cm³/mol. The lowest BCUT2D eigenvalue weighted by Gasteiger charge is -1.99. The van der Waals surface area contributed by atoms with Crippen LogP contribution in [0.25, 0.3) is 0 Å². The first kappa shape index (κ1) is 9.24. The summed E-state index contributed by atoms with van der Waals surface area (Å²) in [6, 6.07) is 1.17. The molecule has 0 unspecified atom stereocenters. The first-order chi connectivity index (χ1) is 6.11. The number of carbonyl (C=O) groups is 1. The summed E-state index contributed by atoms with van der Waals surface area (Å²) in [5.41, 5.74) is -1.08. The SMILES string of the molecule is O=C(O)CCn1c(=O)cc[nH]c1=O. The quantitative estimate of drug-likeness (QED) is 0.630. The summed E-state index contributed by atoms with van der Waals surface area (Å²) in [6.45, 7) is -0.107. The van der Waals surface area contributed by atoms with Crippen molar-refractivity contribution in [3.05, 3.63) is 33.1 Å². The van der Waals surface area contributed by atoms with E-state index in [-0.39, 0.29) is 13.0 Å². The van der Waals surface area contributed by atoms with Gasteiger partial charge in [-0.2, -0.15) is 0 Å². The van der Waals surface area contributed by atoms with Gasteiger partial charge in [-0.25, -0.2) is 4.79 Å². The van der Waals surface area contributed by atoms with E-state index in [1.807, 2.05) is 0 Å². The van der Waals surface area contributed by atoms with Crippen molar-refractivity contribution in [2.45, 2.75) is 13.0 Å². The van der Waals surface area contributed by atoms with E-state index < -0.39 is 17.2 Å². The maximum Gasteiger partial charge on any atom is 0.328 e. The molecule has 70 valence electrons. The largest absolute Gasteiger partial charge is 0.481 e. The molecule has 1 rings (SSSR count). The summed E-state index contributed by atoms with van der Waals surface area (Å²) in [5.74, 6) is -1.05. The Morgan fingerprint density at radius 2 is 2.23 bits per heavy atom. The van der Waals surface area contributed by atoms with Crippen molar-refractivity contribution in [1.29, 1.82) is 0 Å². The molecular formula is C7H8N2O4. The molecule has 0 saturated heterocycles. The molecule has 1 aromatic heterocycles. The minimum atomic E-state index is -1.05. The fraction of sp³-hybridized carbons (Fsp3) is 0.286. The van der Waals surface area contributed by atoms with Gasteiger partial charge in [0.15, 0.2) is 0 Å². The molecule has 0 aliphatic rings. The molecule has 13 heavy (non-hydrogen) atoms. The Morgan fingerprint density at radius 1 is 1.54 bits per heavy atom. The Balaban J connectivity index is 2.94. The van der Waals surface area contributed by atoms with E-state index in [0.29, 0.717) is 0 Å². The smallest absolute Gasteiger partial charge is 0.328 e. The van der Waals surface area contributed by atoms with Gasteiger partial charge in [0.05, 0.1) is 6.42 Å². The van der Waals surface area contributed by atoms with Gasteiger partial charge >= 0.3 is 11.7 Å². The van der Waals surface area contributed by atoms with E-state index in [2.05, 4.69) is 4.98 Å². The van der Waals surface area contributed by atoms with Crippen LogP contribution in [0.15, 0.2) is 21.9 Å². The Morgan fingerprint density at radius 3 is 2.77 bits per heavy atom. The van der Waals surface area contributed by atoms with E-state index in [1.54, 1.807) is 0 Å². The van der Waals surface area contributed by atoms with Gasteiger partial charge in [-0.15, -0.1) is 0 Å². The molecule has 0 aliphatic heterocycles. The lowest BCUT2D eigenvalue weighted by Crippen LogP contribution is -2.34. The molecule has 0 bridgehead atoms. The summed E-state index contributed by atoms with van der Waals surface area (Å²) >= 11 is 0. The van der Waals surface area contributed by atoms with Crippen molar-refractivity contribution in [3.8, 4) is 0 Å². The van der Waals surface area contributed by atoms with Crippen LogP contribution in [0, 0.1) is 0 Å². The number of aromatic amines is 1. The van der Waals surface area contributed by atoms with Crippen LogP contribution in [0.4, 0.5) is 0 Å². The van der Waals surface area contributed by atoms with E-state index >= 15 is 0 Å². The van der Waals surface area contributed by atoms with Crippen LogP contribution >= 0.6 is 0 Å². The summed E-state index contributed by atoms with van der Waals surface area (Å²) in [7, 11) is 0. The zero-order valence-corrected chi connectivity index (χ0v) is 6.69. The summed E-state index contributed by atoms with van der Waals surface area (Å²) in [4.78, 5) is 34.4. The van der Waals surface area contributed by atoms with Gasteiger partial charge in [0.1, 0.15) is 0 Å². The van der Waals surface area contributed by atoms with Gasteiger partial charge in [0, 0.05) is 18.8 Å². The number of H-pyrrole nitrogens is 1. The number of carboxylic acids is 1. The van der Waals surface area contributed by atoms with Crippen LogP contribution in [0.2, 0.25) is 0 Å². The molecule has 0 fully saturated rings. The number of nitrogens with one attached hydrogen (secondary N) is 1. The number of hydrogen-bond donors (Lipinski definition) is 2. The van der Waals surface area contributed by atoms with Gasteiger partial charge < -0.3 is 10.1 Å². The highest BCUT2D eigenvalue weighted by Gasteiger charge is 2.02. The van der Waals surface area contributed by atoms with Crippen molar-refractivity contribution in [1.82, 2.24) is 9.55 Å². The van der Waals surface area contributed by atoms with E-state index in [0.717, 1.165) is 4.57 Å². The van der Waals surface area contributed by atoms with Crippen LogP contribution in [0.5, 0.6) is 0 Å². The number of nitrogens with zero attached hydrogens (tertiary/aromatic N) is 1. The molecule has 0 aromatic carbocycles. The molecule has 0 amide bonds. The maximum absolute atomic E-state index is 11.0. The predicted octanol–water partition coefficient (Wildman–Crippen LogP) is -0.989. The van der Waals surface area contributed by atoms with Gasteiger partial charge in [-0.1, -0.05) is 0 Å². The number of aliphatic carboxylic acids is 1. The molecule has 1 heterocycles. The van der Waals surface area contributed by atoms with Crippen LogP contribution < -0.4 is 11.2 Å². The van der Waals surface area contributed by atoms with Crippen LogP contribution in [-0.2, 0) is 11.3 Å². The average Bonchev–Trinajstić information content (AvgIpc) is 2.03. The normalized spacial score (nSPS) is 9.85. The van der Waals surface area contributed by atoms with Gasteiger partial charge in [-0.05, 0) is 0 Å². The third kappa shape index (κ3) is 2.29. The number of carboxylic acid groups (broad SMARTS) is 1. The summed E-state index contributed by atoms with van der Waals surface area (Å²) in [6.07, 6.45) is 0.981. The van der Waals surface area contributed by atoms with Crippen LogP contribution in [0.3, 0.4) is 0 Å². The molecule has 6 nitrogen and oxygen atoms in total. The molecule has 0 radical (unpaired) electrons. The monoisotopic (exact) mass is 184 g/mol. The highest BCUT2D eigenvalue weighted by molar-refractivity contribution is 5.66. The van der Waals surface area contributed by atoms with Crippen molar-refractivity contribution < 1.29 is 9.90 Å². The molecule has 2 N–H and O–H groups in total. The number of aromatic nitrogens is 2. The first-order valence-electron chi connectivity index (χ1n) is 3.61. The summed E-state index contributed by atoms with van der Waals surface area (Å²) in [5, 5.41) is 8.33. The highest BCUT2D eigenvalue weighted by Crippen LogP contribution is 1.81. The molecule has 0 aliphatic carbocycles. The molecule has 6 heteroatoms. The zero-order chi connectivity index (χ0) is 9.84. The Kier molecular flexibility index (Phi) is 2.63. The van der Waals surface area contributed by atoms with Crippen molar-refractivity contribution in [3.63, 3.8) is 0 Å². The van der Waals surface area contributed by atoms with Gasteiger partial charge in [0.25, 0.3) is 5.56 Å². The number of hydrogen-bond acceptors (Lipinski definition) is 3. The minimum Gasteiger partial charge on any atom is -0.481 e. The minimum absolute atomic E-state index is 0.107. The highest BCUT2D eigenvalue weighted by atomic mass is 16.4. The lowest BCUT2D eigenvalue weighted by molar-refractivity contribution is -0.137. The zero-order valence-electron chi connectivity index (χ0n) is 6.69.